The van der Waals surface area contributed by atoms with Gasteiger partial charge in [0, 0.05) is 12.3 Å². The molecule has 8 nitrogen and oxygen atoms in total. The smallest absolute Gasteiger partial charge is 0.273 e. The summed E-state index contributed by atoms with van der Waals surface area (Å²) in [5, 5.41) is 13.3. The Bertz CT molecular complexity index is 685. The van der Waals surface area contributed by atoms with Gasteiger partial charge >= 0.3 is 0 Å². The Kier molecular flexibility index (Phi) is 3.98. The van der Waals surface area contributed by atoms with E-state index in [0.717, 1.165) is 0 Å². The van der Waals surface area contributed by atoms with Gasteiger partial charge < -0.3 is 15.8 Å². The van der Waals surface area contributed by atoms with Gasteiger partial charge in [-0.25, -0.2) is 4.98 Å². The van der Waals surface area contributed by atoms with E-state index in [1.165, 1.54) is 43.6 Å². The second-order valence-corrected chi connectivity index (χ2v) is 4.07. The van der Waals surface area contributed by atoms with Crippen LogP contribution < -0.4 is 15.8 Å². The summed E-state index contributed by atoms with van der Waals surface area (Å²) >= 11 is 0. The van der Waals surface area contributed by atoms with E-state index in [9.17, 15) is 14.9 Å². The molecule has 0 spiro atoms. The molecular weight excluding hydrogens is 276 g/mol. The van der Waals surface area contributed by atoms with Crippen molar-refractivity contribution in [3.8, 4) is 5.75 Å². The van der Waals surface area contributed by atoms with Crippen molar-refractivity contribution in [1.29, 1.82) is 0 Å². The van der Waals surface area contributed by atoms with Crippen molar-refractivity contribution >= 4 is 23.1 Å². The summed E-state index contributed by atoms with van der Waals surface area (Å²) in [5.74, 6) is 0.0788. The third kappa shape index (κ3) is 3.24. The molecule has 1 aromatic carbocycles. The fraction of sp³-hybridized carbons (Fsp3) is 0.0769. The van der Waals surface area contributed by atoms with Gasteiger partial charge in [-0.3, -0.25) is 14.9 Å². The number of carbonyl (C=O) groups excluding carboxylic acids is 1. The third-order valence-corrected chi connectivity index (χ3v) is 2.69. The third-order valence-electron chi connectivity index (χ3n) is 2.69. The molecular formula is C13H12N4O4. The van der Waals surface area contributed by atoms with E-state index in [-0.39, 0.29) is 11.4 Å². The van der Waals surface area contributed by atoms with Crippen molar-refractivity contribution in [3.63, 3.8) is 0 Å². The minimum absolute atomic E-state index is 0.126. The molecule has 0 aliphatic rings. The molecule has 0 fully saturated rings. The molecule has 3 N–H and O–H groups in total. The lowest BCUT2D eigenvalue weighted by molar-refractivity contribution is -0.384. The number of benzene rings is 1. The van der Waals surface area contributed by atoms with E-state index in [1.54, 1.807) is 0 Å². The summed E-state index contributed by atoms with van der Waals surface area (Å²) in [7, 11) is 1.36. The molecule has 0 saturated carbocycles. The van der Waals surface area contributed by atoms with Crippen molar-refractivity contribution in [2.24, 2.45) is 0 Å². The predicted molar refractivity (Wildman–Crippen MR) is 76.3 cm³/mol. The van der Waals surface area contributed by atoms with Crippen LogP contribution >= 0.6 is 0 Å². The van der Waals surface area contributed by atoms with Crippen molar-refractivity contribution in [3.05, 3.63) is 52.2 Å². The van der Waals surface area contributed by atoms with Crippen LogP contribution in [-0.4, -0.2) is 22.9 Å². The second-order valence-electron chi connectivity index (χ2n) is 4.07. The SMILES string of the molecule is COc1cc([N+](=O)[O-])ccc1NC(=O)c1ccc(N)nc1. The first-order valence-corrected chi connectivity index (χ1v) is 5.86. The molecule has 0 radical (unpaired) electrons. The number of hydrogen-bond acceptors (Lipinski definition) is 6. The van der Waals surface area contributed by atoms with Crippen LogP contribution in [0.25, 0.3) is 0 Å². The largest absolute Gasteiger partial charge is 0.494 e. The van der Waals surface area contributed by atoms with Crippen LogP contribution in [0.15, 0.2) is 36.5 Å². The van der Waals surface area contributed by atoms with Gasteiger partial charge in [-0.2, -0.15) is 0 Å². The summed E-state index contributed by atoms with van der Waals surface area (Å²) in [6.45, 7) is 0. The Balaban J connectivity index is 2.24. The Morgan fingerprint density at radius 1 is 1.38 bits per heavy atom. The van der Waals surface area contributed by atoms with E-state index in [4.69, 9.17) is 10.5 Å². The molecule has 8 heteroatoms. The Morgan fingerprint density at radius 2 is 2.14 bits per heavy atom. The van der Waals surface area contributed by atoms with Crippen molar-refractivity contribution in [1.82, 2.24) is 4.98 Å². The highest BCUT2D eigenvalue weighted by Crippen LogP contribution is 2.29. The number of nitro benzene ring substituents is 1. The number of anilines is 2. The standard InChI is InChI=1S/C13H12N4O4/c1-21-11-6-9(17(19)20)3-4-10(11)16-13(18)8-2-5-12(14)15-7-8/h2-7H,1H3,(H2,14,15)(H,16,18). The van der Waals surface area contributed by atoms with Crippen LogP contribution in [-0.2, 0) is 0 Å². The fourth-order valence-electron chi connectivity index (χ4n) is 1.63. The van der Waals surface area contributed by atoms with Crippen LogP contribution in [0.5, 0.6) is 5.75 Å². The van der Waals surface area contributed by atoms with E-state index in [2.05, 4.69) is 10.3 Å². The van der Waals surface area contributed by atoms with Gasteiger partial charge in [-0.05, 0) is 18.2 Å². The van der Waals surface area contributed by atoms with E-state index >= 15 is 0 Å². The number of nitrogens with zero attached hydrogens (tertiary/aromatic N) is 2. The molecule has 2 rings (SSSR count). The number of aromatic nitrogens is 1. The number of pyridine rings is 1. The van der Waals surface area contributed by atoms with Crippen molar-refractivity contribution < 1.29 is 14.5 Å². The Hall–Kier alpha value is -3.16. The number of nitrogen functional groups attached to an aromatic ring is 1. The highest BCUT2D eigenvalue weighted by Gasteiger charge is 2.14. The molecule has 2 aromatic rings. The van der Waals surface area contributed by atoms with Gasteiger partial charge in [0.05, 0.1) is 29.4 Å². The predicted octanol–water partition coefficient (Wildman–Crippen LogP) is 1.83. The summed E-state index contributed by atoms with van der Waals surface area (Å²) in [6, 6.07) is 6.94. The van der Waals surface area contributed by atoms with Crippen molar-refractivity contribution in [2.75, 3.05) is 18.2 Å². The zero-order valence-electron chi connectivity index (χ0n) is 11.1. The number of hydrogen-bond donors (Lipinski definition) is 2. The first kappa shape index (κ1) is 14.3. The average Bonchev–Trinajstić information content (AvgIpc) is 2.48. The number of nitrogens with one attached hydrogen (secondary N) is 1. The molecule has 0 bridgehead atoms. The summed E-state index contributed by atoms with van der Waals surface area (Å²) in [4.78, 5) is 26.0. The maximum atomic E-state index is 12.0. The molecule has 108 valence electrons. The average molecular weight is 288 g/mol. The minimum Gasteiger partial charge on any atom is -0.494 e. The van der Waals surface area contributed by atoms with Crippen LogP contribution in [0.2, 0.25) is 0 Å². The van der Waals surface area contributed by atoms with Crippen LogP contribution in [0.4, 0.5) is 17.2 Å². The number of amides is 1. The lowest BCUT2D eigenvalue weighted by Crippen LogP contribution is -2.13. The highest BCUT2D eigenvalue weighted by atomic mass is 16.6. The number of methoxy groups -OCH3 is 1. The molecule has 1 aromatic heterocycles. The maximum Gasteiger partial charge on any atom is 0.273 e. The van der Waals surface area contributed by atoms with Crippen LogP contribution in [0.3, 0.4) is 0 Å². The lowest BCUT2D eigenvalue weighted by Gasteiger charge is -2.09. The van der Waals surface area contributed by atoms with E-state index < -0.39 is 10.8 Å². The van der Waals surface area contributed by atoms with Gasteiger partial charge in [-0.15, -0.1) is 0 Å². The monoisotopic (exact) mass is 288 g/mol. The zero-order valence-corrected chi connectivity index (χ0v) is 11.1. The normalized spacial score (nSPS) is 9.95. The molecule has 0 atom stereocenters. The first-order chi connectivity index (χ1) is 10.0. The number of nitrogens with two attached hydrogens (primary N) is 1. The number of carbonyl (C=O) groups is 1. The lowest BCUT2D eigenvalue weighted by atomic mass is 10.2. The van der Waals surface area contributed by atoms with Gasteiger partial charge in [0.25, 0.3) is 11.6 Å². The first-order valence-electron chi connectivity index (χ1n) is 5.86. The van der Waals surface area contributed by atoms with Crippen LogP contribution in [0.1, 0.15) is 10.4 Å². The topological polar surface area (TPSA) is 120 Å². The number of rotatable bonds is 4. The Labute approximate surface area is 119 Å². The Morgan fingerprint density at radius 3 is 2.71 bits per heavy atom. The number of ether oxygens (including phenoxy) is 1. The maximum absolute atomic E-state index is 12.0. The molecule has 0 saturated heterocycles. The quantitative estimate of drug-likeness (QED) is 0.654. The molecule has 0 aliphatic heterocycles. The molecule has 1 amide bonds. The van der Waals surface area contributed by atoms with Gasteiger partial charge in [0.1, 0.15) is 11.6 Å². The van der Waals surface area contributed by atoms with Crippen molar-refractivity contribution in [2.45, 2.75) is 0 Å². The molecule has 0 unspecified atom stereocenters. The molecule has 21 heavy (non-hydrogen) atoms. The summed E-state index contributed by atoms with van der Waals surface area (Å²) < 4.78 is 5.04. The van der Waals surface area contributed by atoms with Gasteiger partial charge in [0.2, 0.25) is 0 Å². The van der Waals surface area contributed by atoms with E-state index in [0.29, 0.717) is 17.1 Å². The fourth-order valence-corrected chi connectivity index (χ4v) is 1.63. The molecule has 0 aliphatic carbocycles. The van der Waals surface area contributed by atoms with Gasteiger partial charge in [-0.1, -0.05) is 0 Å². The second kappa shape index (κ2) is 5.87. The minimum atomic E-state index is -0.544. The number of non-ortho nitro benzene ring substituents is 1. The molecule has 1 heterocycles. The summed E-state index contributed by atoms with van der Waals surface area (Å²) in [6.07, 6.45) is 1.34. The van der Waals surface area contributed by atoms with E-state index in [1.807, 2.05) is 0 Å². The van der Waals surface area contributed by atoms with Gasteiger partial charge in [0.15, 0.2) is 0 Å². The van der Waals surface area contributed by atoms with Crippen LogP contribution in [0, 0.1) is 10.1 Å². The highest BCUT2D eigenvalue weighted by molar-refractivity contribution is 6.05. The number of nitro groups is 1. The summed E-state index contributed by atoms with van der Waals surface area (Å²) in [5.41, 5.74) is 5.95. The zero-order chi connectivity index (χ0) is 15.4.